The van der Waals surface area contributed by atoms with E-state index in [1.54, 1.807) is 0 Å². The van der Waals surface area contributed by atoms with Crippen molar-refractivity contribution >= 4 is 17.3 Å². The first-order valence-corrected chi connectivity index (χ1v) is 6.91. The van der Waals surface area contributed by atoms with Crippen molar-refractivity contribution in [2.45, 2.75) is 19.4 Å². The third-order valence-electron chi connectivity index (χ3n) is 3.53. The Bertz CT molecular complexity index is 397. The first kappa shape index (κ1) is 13.7. The molecule has 1 fully saturated rings. The topological polar surface area (TPSA) is 35.5 Å². The van der Waals surface area contributed by atoms with Crippen LogP contribution >= 0.6 is 11.6 Å². The lowest BCUT2D eigenvalue weighted by Gasteiger charge is -2.35. The van der Waals surface area contributed by atoms with Gasteiger partial charge < -0.3 is 15.3 Å². The van der Waals surface area contributed by atoms with Gasteiger partial charge in [0, 0.05) is 37.0 Å². The smallest absolute Gasteiger partial charge is 0.0476 e. The molecular formula is C14H21ClN2O. The van der Waals surface area contributed by atoms with Gasteiger partial charge in [-0.25, -0.2) is 0 Å². The summed E-state index contributed by atoms with van der Waals surface area (Å²) in [5.74, 6) is 0.389. The third kappa shape index (κ3) is 3.16. The zero-order chi connectivity index (χ0) is 13.0. The van der Waals surface area contributed by atoms with Gasteiger partial charge in [-0.2, -0.15) is 0 Å². The van der Waals surface area contributed by atoms with Gasteiger partial charge in [-0.1, -0.05) is 17.7 Å². The summed E-state index contributed by atoms with van der Waals surface area (Å²) in [5, 5.41) is 13.3. The lowest BCUT2D eigenvalue weighted by atomic mass is 9.97. The number of hydrogen-bond donors (Lipinski definition) is 2. The van der Waals surface area contributed by atoms with Crippen molar-refractivity contribution in [1.29, 1.82) is 0 Å². The van der Waals surface area contributed by atoms with Crippen LogP contribution in [0.3, 0.4) is 0 Å². The molecular weight excluding hydrogens is 248 g/mol. The minimum atomic E-state index is 0.276. The Hall–Kier alpha value is -0.770. The highest BCUT2D eigenvalue weighted by Crippen LogP contribution is 2.29. The fourth-order valence-corrected chi connectivity index (χ4v) is 2.77. The van der Waals surface area contributed by atoms with Gasteiger partial charge >= 0.3 is 0 Å². The maximum absolute atomic E-state index is 9.32. The summed E-state index contributed by atoms with van der Waals surface area (Å²) in [5.41, 5.74) is 2.47. The van der Waals surface area contributed by atoms with Crippen molar-refractivity contribution in [3.63, 3.8) is 0 Å². The van der Waals surface area contributed by atoms with E-state index in [9.17, 15) is 5.11 Å². The van der Waals surface area contributed by atoms with Crippen LogP contribution in [0, 0.1) is 5.92 Å². The van der Waals surface area contributed by atoms with Crippen LogP contribution in [0.25, 0.3) is 0 Å². The van der Waals surface area contributed by atoms with Crippen molar-refractivity contribution in [3.05, 3.63) is 28.8 Å². The Labute approximate surface area is 114 Å². The summed E-state index contributed by atoms with van der Waals surface area (Å²) in [7, 11) is 1.95. The van der Waals surface area contributed by atoms with Crippen LogP contribution in [-0.4, -0.2) is 31.9 Å². The zero-order valence-electron chi connectivity index (χ0n) is 10.8. The monoisotopic (exact) mass is 268 g/mol. The van der Waals surface area contributed by atoms with Crippen molar-refractivity contribution in [1.82, 2.24) is 5.32 Å². The molecule has 1 unspecified atom stereocenters. The van der Waals surface area contributed by atoms with Crippen LogP contribution in [-0.2, 0) is 6.54 Å². The maximum Gasteiger partial charge on any atom is 0.0476 e. The molecule has 0 amide bonds. The number of aliphatic hydroxyl groups is 1. The summed E-state index contributed by atoms with van der Waals surface area (Å²) in [6, 6.07) is 6.05. The van der Waals surface area contributed by atoms with Gasteiger partial charge in [0.15, 0.2) is 0 Å². The van der Waals surface area contributed by atoms with Crippen LogP contribution in [0.4, 0.5) is 5.69 Å². The standard InChI is InChI=1S/C14H21ClN2O/c1-16-8-12-4-5-13(15)7-14(12)17-6-2-3-11(9-17)10-18/h4-5,7,11,16,18H,2-3,6,8-10H2,1H3. The Morgan fingerprint density at radius 3 is 3.06 bits per heavy atom. The average Bonchev–Trinajstić information content (AvgIpc) is 2.41. The number of hydrogen-bond acceptors (Lipinski definition) is 3. The molecule has 2 N–H and O–H groups in total. The maximum atomic E-state index is 9.32. The van der Waals surface area contributed by atoms with E-state index in [-0.39, 0.29) is 6.61 Å². The minimum Gasteiger partial charge on any atom is -0.396 e. The van der Waals surface area contributed by atoms with E-state index >= 15 is 0 Å². The molecule has 1 heterocycles. The Morgan fingerprint density at radius 2 is 2.33 bits per heavy atom. The van der Waals surface area contributed by atoms with Gasteiger partial charge in [0.05, 0.1) is 0 Å². The molecule has 1 saturated heterocycles. The zero-order valence-corrected chi connectivity index (χ0v) is 11.6. The molecule has 0 aromatic heterocycles. The SMILES string of the molecule is CNCc1ccc(Cl)cc1N1CCCC(CO)C1. The molecule has 18 heavy (non-hydrogen) atoms. The molecule has 1 aromatic carbocycles. The summed E-state index contributed by atoms with van der Waals surface area (Å²) in [6.07, 6.45) is 2.26. The van der Waals surface area contributed by atoms with Gasteiger partial charge in [0.1, 0.15) is 0 Å². The van der Waals surface area contributed by atoms with Gasteiger partial charge in [-0.15, -0.1) is 0 Å². The fraction of sp³-hybridized carbons (Fsp3) is 0.571. The molecule has 0 bridgehead atoms. The van der Waals surface area contributed by atoms with E-state index in [0.29, 0.717) is 5.92 Å². The molecule has 3 nitrogen and oxygen atoms in total. The second-order valence-electron chi connectivity index (χ2n) is 4.94. The van der Waals surface area contributed by atoms with Crippen molar-refractivity contribution in [3.8, 4) is 0 Å². The number of nitrogens with one attached hydrogen (secondary N) is 1. The quantitative estimate of drug-likeness (QED) is 0.879. The van der Waals surface area contributed by atoms with E-state index in [1.165, 1.54) is 11.3 Å². The molecule has 4 heteroatoms. The molecule has 1 atom stereocenters. The summed E-state index contributed by atoms with van der Waals surface area (Å²) in [4.78, 5) is 2.35. The number of piperidine rings is 1. The lowest BCUT2D eigenvalue weighted by molar-refractivity contribution is 0.208. The lowest BCUT2D eigenvalue weighted by Crippen LogP contribution is -2.37. The first-order chi connectivity index (χ1) is 8.74. The summed E-state index contributed by atoms with van der Waals surface area (Å²) in [6.45, 7) is 3.09. The van der Waals surface area contributed by atoms with Crippen LogP contribution in [0.5, 0.6) is 0 Å². The highest BCUT2D eigenvalue weighted by Gasteiger charge is 2.21. The molecule has 1 aliphatic heterocycles. The summed E-state index contributed by atoms with van der Waals surface area (Å²) >= 11 is 6.11. The predicted octanol–water partition coefficient (Wildman–Crippen LogP) is 2.27. The third-order valence-corrected chi connectivity index (χ3v) is 3.77. The number of anilines is 1. The van der Waals surface area contributed by atoms with E-state index in [2.05, 4.69) is 16.3 Å². The van der Waals surface area contributed by atoms with Crippen LogP contribution < -0.4 is 10.2 Å². The van der Waals surface area contributed by atoms with Gasteiger partial charge in [0.2, 0.25) is 0 Å². The van der Waals surface area contributed by atoms with Crippen molar-refractivity contribution in [2.24, 2.45) is 5.92 Å². The van der Waals surface area contributed by atoms with E-state index in [1.807, 2.05) is 19.2 Å². The normalized spacial score (nSPS) is 20.2. The van der Waals surface area contributed by atoms with E-state index in [4.69, 9.17) is 11.6 Å². The Balaban J connectivity index is 2.22. The van der Waals surface area contributed by atoms with Gasteiger partial charge in [0.25, 0.3) is 0 Å². The molecule has 0 spiro atoms. The van der Waals surface area contributed by atoms with Gasteiger partial charge in [-0.3, -0.25) is 0 Å². The highest BCUT2D eigenvalue weighted by molar-refractivity contribution is 6.30. The molecule has 1 aliphatic rings. The molecule has 0 saturated carbocycles. The first-order valence-electron chi connectivity index (χ1n) is 6.53. The van der Waals surface area contributed by atoms with Crippen LogP contribution in [0.1, 0.15) is 18.4 Å². The number of benzene rings is 1. The minimum absolute atomic E-state index is 0.276. The van der Waals surface area contributed by atoms with E-state index in [0.717, 1.165) is 37.5 Å². The second kappa shape index (κ2) is 6.41. The molecule has 0 aliphatic carbocycles. The second-order valence-corrected chi connectivity index (χ2v) is 5.38. The predicted molar refractivity (Wildman–Crippen MR) is 76.2 cm³/mol. The van der Waals surface area contributed by atoms with Crippen molar-refractivity contribution in [2.75, 3.05) is 31.6 Å². The molecule has 1 aromatic rings. The highest BCUT2D eigenvalue weighted by atomic mass is 35.5. The number of halogens is 1. The number of aliphatic hydroxyl groups excluding tert-OH is 1. The Morgan fingerprint density at radius 1 is 1.50 bits per heavy atom. The average molecular weight is 269 g/mol. The molecule has 0 radical (unpaired) electrons. The summed E-state index contributed by atoms with van der Waals surface area (Å²) < 4.78 is 0. The number of rotatable bonds is 4. The van der Waals surface area contributed by atoms with Gasteiger partial charge in [-0.05, 0) is 43.5 Å². The number of nitrogens with zero attached hydrogens (tertiary/aromatic N) is 1. The fourth-order valence-electron chi connectivity index (χ4n) is 2.60. The molecule has 100 valence electrons. The molecule has 2 rings (SSSR count). The largest absolute Gasteiger partial charge is 0.396 e. The van der Waals surface area contributed by atoms with Crippen LogP contribution in [0.2, 0.25) is 5.02 Å². The van der Waals surface area contributed by atoms with Crippen molar-refractivity contribution < 1.29 is 5.11 Å². The van der Waals surface area contributed by atoms with Crippen LogP contribution in [0.15, 0.2) is 18.2 Å². The Kier molecular flexibility index (Phi) is 4.87. The van der Waals surface area contributed by atoms with E-state index < -0.39 is 0 Å².